The lowest BCUT2D eigenvalue weighted by atomic mass is 9.94. The van der Waals surface area contributed by atoms with Crippen LogP contribution in [0.4, 0.5) is 0 Å². The molecule has 1 saturated carbocycles. The summed E-state index contributed by atoms with van der Waals surface area (Å²) in [6.07, 6.45) is 10.8. The Morgan fingerprint density at radius 1 is 1.47 bits per heavy atom. The van der Waals surface area contributed by atoms with E-state index in [0.29, 0.717) is 0 Å². The van der Waals surface area contributed by atoms with Crippen LogP contribution in [0.1, 0.15) is 39.0 Å². The van der Waals surface area contributed by atoms with Crippen molar-refractivity contribution in [3.63, 3.8) is 0 Å². The molecule has 106 valence electrons. The van der Waals surface area contributed by atoms with Gasteiger partial charge in [-0.3, -0.25) is 4.79 Å². The van der Waals surface area contributed by atoms with Crippen LogP contribution in [0.5, 0.6) is 0 Å². The van der Waals surface area contributed by atoms with Crippen molar-refractivity contribution in [2.45, 2.75) is 57.7 Å². The highest BCUT2D eigenvalue weighted by molar-refractivity contribution is 5.79. The first kappa shape index (κ1) is 14.1. The molecular formula is C14H24N4O. The second-order valence-corrected chi connectivity index (χ2v) is 5.58. The average molecular weight is 264 g/mol. The molecule has 5 heteroatoms. The highest BCUT2D eigenvalue weighted by Crippen LogP contribution is 2.22. The quantitative estimate of drug-likeness (QED) is 0.805. The van der Waals surface area contributed by atoms with Gasteiger partial charge in [-0.25, -0.2) is 4.98 Å². The van der Waals surface area contributed by atoms with Crippen LogP contribution < -0.4 is 11.1 Å². The van der Waals surface area contributed by atoms with Crippen LogP contribution in [-0.4, -0.2) is 27.5 Å². The van der Waals surface area contributed by atoms with Crippen molar-refractivity contribution in [2.24, 2.45) is 11.7 Å². The Morgan fingerprint density at radius 3 is 3.00 bits per heavy atom. The normalized spacial score (nSPS) is 25.6. The van der Waals surface area contributed by atoms with Crippen LogP contribution in [0.25, 0.3) is 0 Å². The predicted molar refractivity (Wildman–Crippen MR) is 74.4 cm³/mol. The molecule has 3 atom stereocenters. The van der Waals surface area contributed by atoms with Crippen molar-refractivity contribution in [3.05, 3.63) is 18.7 Å². The fraction of sp³-hybridized carbons (Fsp3) is 0.714. The number of rotatable bonds is 4. The molecule has 1 amide bonds. The highest BCUT2D eigenvalue weighted by atomic mass is 16.2. The van der Waals surface area contributed by atoms with E-state index in [1.54, 1.807) is 12.5 Å². The van der Waals surface area contributed by atoms with Crippen molar-refractivity contribution >= 4 is 5.91 Å². The summed E-state index contributed by atoms with van der Waals surface area (Å²) in [5, 5.41) is 3.08. The minimum atomic E-state index is -0.0206. The van der Waals surface area contributed by atoms with E-state index < -0.39 is 0 Å². The van der Waals surface area contributed by atoms with E-state index in [4.69, 9.17) is 5.73 Å². The second kappa shape index (κ2) is 6.70. The number of carbonyl (C=O) groups is 1. The van der Waals surface area contributed by atoms with Crippen molar-refractivity contribution in [2.75, 3.05) is 0 Å². The summed E-state index contributed by atoms with van der Waals surface area (Å²) in [5.74, 6) is 0.0924. The third-order valence-electron chi connectivity index (χ3n) is 3.84. The monoisotopic (exact) mass is 264 g/mol. The molecule has 0 radical (unpaired) electrons. The SMILES string of the molecule is CC(Cn1ccnc1)NC(=O)C1CCCCCC1N. The smallest absolute Gasteiger partial charge is 0.224 e. The number of nitrogens with one attached hydrogen (secondary N) is 1. The Bertz CT molecular complexity index is 390. The van der Waals surface area contributed by atoms with E-state index in [9.17, 15) is 4.79 Å². The van der Waals surface area contributed by atoms with Crippen molar-refractivity contribution in [1.82, 2.24) is 14.9 Å². The molecule has 1 aromatic rings. The molecule has 1 fully saturated rings. The zero-order valence-corrected chi connectivity index (χ0v) is 11.6. The molecule has 0 aliphatic heterocycles. The van der Waals surface area contributed by atoms with Gasteiger partial charge < -0.3 is 15.6 Å². The van der Waals surface area contributed by atoms with Crippen molar-refractivity contribution in [3.8, 4) is 0 Å². The Labute approximate surface area is 114 Å². The lowest BCUT2D eigenvalue weighted by Crippen LogP contribution is -2.45. The molecule has 2 rings (SSSR count). The number of amides is 1. The van der Waals surface area contributed by atoms with Gasteiger partial charge in [-0.1, -0.05) is 19.3 Å². The summed E-state index contributed by atoms with van der Waals surface area (Å²) >= 11 is 0. The number of carbonyl (C=O) groups excluding carboxylic acids is 1. The van der Waals surface area contributed by atoms with Gasteiger partial charge in [0.05, 0.1) is 12.2 Å². The molecule has 3 unspecified atom stereocenters. The van der Waals surface area contributed by atoms with Crippen LogP contribution in [0.3, 0.4) is 0 Å². The van der Waals surface area contributed by atoms with E-state index in [0.717, 1.165) is 32.2 Å². The summed E-state index contributed by atoms with van der Waals surface area (Å²) in [6, 6.07) is 0.111. The maximum atomic E-state index is 12.3. The van der Waals surface area contributed by atoms with E-state index in [1.807, 2.05) is 17.7 Å². The number of hydrogen-bond donors (Lipinski definition) is 2. The summed E-state index contributed by atoms with van der Waals surface area (Å²) in [5.41, 5.74) is 6.12. The van der Waals surface area contributed by atoms with Gasteiger partial charge >= 0.3 is 0 Å². The predicted octanol–water partition coefficient (Wildman–Crippen LogP) is 1.30. The lowest BCUT2D eigenvalue weighted by Gasteiger charge is -2.23. The summed E-state index contributed by atoms with van der Waals surface area (Å²) in [6.45, 7) is 2.76. The van der Waals surface area contributed by atoms with Gasteiger partial charge in [-0.05, 0) is 19.8 Å². The summed E-state index contributed by atoms with van der Waals surface area (Å²) in [4.78, 5) is 16.3. The number of nitrogens with zero attached hydrogens (tertiary/aromatic N) is 2. The minimum Gasteiger partial charge on any atom is -0.352 e. The highest BCUT2D eigenvalue weighted by Gasteiger charge is 2.27. The second-order valence-electron chi connectivity index (χ2n) is 5.58. The van der Waals surface area contributed by atoms with E-state index in [1.165, 1.54) is 6.42 Å². The molecule has 3 N–H and O–H groups in total. The van der Waals surface area contributed by atoms with Gasteiger partial charge in [-0.2, -0.15) is 0 Å². The molecule has 0 aromatic carbocycles. The molecule has 0 spiro atoms. The molecule has 0 bridgehead atoms. The van der Waals surface area contributed by atoms with Crippen LogP contribution in [0.2, 0.25) is 0 Å². The van der Waals surface area contributed by atoms with Gasteiger partial charge in [0, 0.05) is 31.0 Å². The minimum absolute atomic E-state index is 0.0166. The molecule has 1 heterocycles. The molecule has 1 aliphatic rings. The van der Waals surface area contributed by atoms with E-state index in [2.05, 4.69) is 10.3 Å². The van der Waals surface area contributed by atoms with Gasteiger partial charge in [0.1, 0.15) is 0 Å². The van der Waals surface area contributed by atoms with E-state index in [-0.39, 0.29) is 23.9 Å². The number of imidazole rings is 1. The Balaban J connectivity index is 1.85. The van der Waals surface area contributed by atoms with Crippen LogP contribution >= 0.6 is 0 Å². The van der Waals surface area contributed by atoms with Crippen molar-refractivity contribution < 1.29 is 4.79 Å². The fourth-order valence-corrected chi connectivity index (χ4v) is 2.77. The molecule has 1 aromatic heterocycles. The average Bonchev–Trinajstić information content (AvgIpc) is 2.76. The van der Waals surface area contributed by atoms with Gasteiger partial charge in [0.25, 0.3) is 0 Å². The van der Waals surface area contributed by atoms with Crippen LogP contribution in [-0.2, 0) is 11.3 Å². The maximum Gasteiger partial charge on any atom is 0.224 e. The summed E-state index contributed by atoms with van der Waals surface area (Å²) < 4.78 is 1.97. The Kier molecular flexibility index (Phi) is 4.96. The Morgan fingerprint density at radius 2 is 2.26 bits per heavy atom. The summed E-state index contributed by atoms with van der Waals surface area (Å²) in [7, 11) is 0. The fourth-order valence-electron chi connectivity index (χ4n) is 2.77. The van der Waals surface area contributed by atoms with Crippen LogP contribution in [0, 0.1) is 5.92 Å². The maximum absolute atomic E-state index is 12.3. The largest absolute Gasteiger partial charge is 0.352 e. The third kappa shape index (κ3) is 4.06. The van der Waals surface area contributed by atoms with Gasteiger partial charge in [-0.15, -0.1) is 0 Å². The molecule has 5 nitrogen and oxygen atoms in total. The topological polar surface area (TPSA) is 72.9 Å². The first-order valence-corrected chi connectivity index (χ1v) is 7.18. The molecule has 0 saturated heterocycles. The molecule has 1 aliphatic carbocycles. The third-order valence-corrected chi connectivity index (χ3v) is 3.84. The zero-order chi connectivity index (χ0) is 13.7. The number of hydrogen-bond acceptors (Lipinski definition) is 3. The first-order valence-electron chi connectivity index (χ1n) is 7.18. The van der Waals surface area contributed by atoms with Gasteiger partial charge in [0.2, 0.25) is 5.91 Å². The van der Waals surface area contributed by atoms with Gasteiger partial charge in [0.15, 0.2) is 0 Å². The van der Waals surface area contributed by atoms with E-state index >= 15 is 0 Å². The zero-order valence-electron chi connectivity index (χ0n) is 11.6. The Hall–Kier alpha value is -1.36. The molecular weight excluding hydrogens is 240 g/mol. The first-order chi connectivity index (χ1) is 9.16. The number of aromatic nitrogens is 2. The van der Waals surface area contributed by atoms with Crippen molar-refractivity contribution in [1.29, 1.82) is 0 Å². The molecule has 19 heavy (non-hydrogen) atoms. The number of nitrogens with two attached hydrogens (primary N) is 1. The standard InChI is InChI=1S/C14H24N4O/c1-11(9-18-8-7-16-10-18)17-14(19)12-5-3-2-4-6-13(12)15/h7-8,10-13H,2-6,9,15H2,1H3,(H,17,19). The van der Waals surface area contributed by atoms with Crippen LogP contribution in [0.15, 0.2) is 18.7 Å². The lowest BCUT2D eigenvalue weighted by molar-refractivity contribution is -0.126.